The first-order chi connectivity index (χ1) is 14.7. The van der Waals surface area contributed by atoms with Crippen molar-refractivity contribution < 1.29 is 9.63 Å². The zero-order valence-electron chi connectivity index (χ0n) is 16.5. The summed E-state index contributed by atoms with van der Waals surface area (Å²) in [7, 11) is 1.73. The number of amides is 1. The Bertz CT molecular complexity index is 1050. The smallest absolute Gasteiger partial charge is 0.225 e. The largest absolute Gasteiger partial charge is 0.389 e. The van der Waals surface area contributed by atoms with Gasteiger partial charge in [0.2, 0.25) is 11.7 Å². The molecule has 9 nitrogen and oxygen atoms in total. The molecule has 3 aromatic rings. The molecule has 2 heterocycles. The summed E-state index contributed by atoms with van der Waals surface area (Å²) in [5.74, 6) is 3.31. The maximum atomic E-state index is 11.9. The minimum atomic E-state index is -0.130. The second-order valence-corrected chi connectivity index (χ2v) is 6.33. The lowest BCUT2D eigenvalue weighted by molar-refractivity contribution is -0.116. The van der Waals surface area contributed by atoms with E-state index < -0.39 is 0 Å². The SMILES string of the molecule is C#CCCCC(=O)Nc1cccc(CO/N=C(/c2ccccc2)c2nnnn2C)n1. The molecule has 0 saturated heterocycles. The molecular formula is C21H21N7O2. The van der Waals surface area contributed by atoms with Crippen molar-refractivity contribution >= 4 is 17.4 Å². The molecule has 1 aromatic carbocycles. The van der Waals surface area contributed by atoms with Gasteiger partial charge in [-0.15, -0.1) is 17.4 Å². The molecule has 0 spiro atoms. The number of terminal acetylenes is 1. The number of unbranched alkanes of at least 4 members (excludes halogenated alkanes) is 1. The van der Waals surface area contributed by atoms with Gasteiger partial charge in [-0.3, -0.25) is 4.79 Å². The predicted molar refractivity (Wildman–Crippen MR) is 111 cm³/mol. The molecule has 0 aliphatic heterocycles. The third-order valence-corrected chi connectivity index (χ3v) is 4.05. The number of carbonyl (C=O) groups excluding carboxylic acids is 1. The zero-order chi connectivity index (χ0) is 21.2. The Hall–Kier alpha value is -4.06. The molecule has 30 heavy (non-hydrogen) atoms. The highest BCUT2D eigenvalue weighted by Gasteiger charge is 2.14. The van der Waals surface area contributed by atoms with E-state index in [-0.39, 0.29) is 12.5 Å². The van der Waals surface area contributed by atoms with Crippen LogP contribution in [0.3, 0.4) is 0 Å². The van der Waals surface area contributed by atoms with Gasteiger partial charge in [0.05, 0.1) is 5.69 Å². The fourth-order valence-corrected chi connectivity index (χ4v) is 2.60. The fraction of sp³-hybridized carbons (Fsp3) is 0.238. The number of anilines is 1. The van der Waals surface area contributed by atoms with E-state index in [0.717, 1.165) is 5.56 Å². The topological polar surface area (TPSA) is 107 Å². The molecule has 1 N–H and O–H groups in total. The van der Waals surface area contributed by atoms with Crippen LogP contribution in [0, 0.1) is 12.3 Å². The number of pyridine rings is 1. The number of hydrogen-bond acceptors (Lipinski definition) is 7. The van der Waals surface area contributed by atoms with Crippen molar-refractivity contribution in [2.75, 3.05) is 5.32 Å². The average molecular weight is 403 g/mol. The van der Waals surface area contributed by atoms with Gasteiger partial charge < -0.3 is 10.2 Å². The standard InChI is InChI=1S/C21H21N7O2/c1-3-4-6-14-19(29)23-18-13-9-12-17(22-18)15-30-25-20(16-10-7-5-8-11-16)21-24-26-27-28(21)2/h1,5,7-13H,4,6,14-15H2,2H3,(H,22,23,29)/b25-20-. The molecule has 0 radical (unpaired) electrons. The molecule has 0 atom stereocenters. The quantitative estimate of drug-likeness (QED) is 0.254. The number of carbonyl (C=O) groups is 1. The highest BCUT2D eigenvalue weighted by Crippen LogP contribution is 2.11. The average Bonchev–Trinajstić information content (AvgIpc) is 3.18. The van der Waals surface area contributed by atoms with Crippen molar-refractivity contribution in [1.82, 2.24) is 25.2 Å². The molecule has 152 valence electrons. The molecule has 0 bridgehead atoms. The number of hydrogen-bond donors (Lipinski definition) is 1. The molecule has 0 aliphatic rings. The predicted octanol–water partition coefficient (Wildman–Crippen LogP) is 2.32. The highest BCUT2D eigenvalue weighted by atomic mass is 16.6. The number of tetrazole rings is 1. The Morgan fingerprint density at radius 3 is 2.80 bits per heavy atom. The summed E-state index contributed by atoms with van der Waals surface area (Å²) in [6.07, 6.45) is 6.76. The van der Waals surface area contributed by atoms with E-state index in [0.29, 0.717) is 42.3 Å². The first-order valence-corrected chi connectivity index (χ1v) is 9.34. The molecule has 0 fully saturated rings. The first kappa shape index (κ1) is 20.7. The zero-order valence-corrected chi connectivity index (χ0v) is 16.5. The summed E-state index contributed by atoms with van der Waals surface area (Å²) in [5.41, 5.74) is 1.93. The first-order valence-electron chi connectivity index (χ1n) is 9.34. The Kier molecular flexibility index (Phi) is 7.22. The summed E-state index contributed by atoms with van der Waals surface area (Å²) in [6.45, 7) is 0.114. The Morgan fingerprint density at radius 1 is 1.23 bits per heavy atom. The molecule has 3 rings (SSSR count). The molecule has 0 unspecified atom stereocenters. The highest BCUT2D eigenvalue weighted by molar-refractivity contribution is 6.10. The molecule has 0 saturated carbocycles. The summed E-state index contributed by atoms with van der Waals surface area (Å²) in [5, 5.41) is 18.5. The van der Waals surface area contributed by atoms with Crippen molar-refractivity contribution in [2.24, 2.45) is 12.2 Å². The number of nitrogens with one attached hydrogen (secondary N) is 1. The number of rotatable bonds is 9. The van der Waals surface area contributed by atoms with E-state index in [9.17, 15) is 4.79 Å². The van der Waals surface area contributed by atoms with Gasteiger partial charge in [0.25, 0.3) is 0 Å². The summed E-state index contributed by atoms with van der Waals surface area (Å²) < 4.78 is 1.52. The Morgan fingerprint density at radius 2 is 2.07 bits per heavy atom. The lowest BCUT2D eigenvalue weighted by Gasteiger charge is -2.07. The third-order valence-electron chi connectivity index (χ3n) is 4.05. The van der Waals surface area contributed by atoms with Gasteiger partial charge in [0, 0.05) is 25.5 Å². The summed E-state index contributed by atoms with van der Waals surface area (Å²) >= 11 is 0. The van der Waals surface area contributed by atoms with Gasteiger partial charge in [-0.25, -0.2) is 9.67 Å². The lowest BCUT2D eigenvalue weighted by Crippen LogP contribution is -2.13. The van der Waals surface area contributed by atoms with Crippen LogP contribution >= 0.6 is 0 Å². The Labute approximate surface area is 174 Å². The van der Waals surface area contributed by atoms with Crippen LogP contribution in [0.15, 0.2) is 53.7 Å². The molecule has 1 amide bonds. The lowest BCUT2D eigenvalue weighted by atomic mass is 10.1. The van der Waals surface area contributed by atoms with Crippen LogP contribution < -0.4 is 5.32 Å². The van der Waals surface area contributed by atoms with Gasteiger partial charge in [-0.2, -0.15) is 0 Å². The van der Waals surface area contributed by atoms with Crippen molar-refractivity contribution in [1.29, 1.82) is 0 Å². The van der Waals surface area contributed by atoms with Gasteiger partial charge in [-0.05, 0) is 29.0 Å². The van der Waals surface area contributed by atoms with E-state index in [1.54, 1.807) is 25.2 Å². The van der Waals surface area contributed by atoms with Gasteiger partial charge in [0.1, 0.15) is 5.82 Å². The van der Waals surface area contributed by atoms with Crippen LogP contribution in [0.2, 0.25) is 0 Å². The number of oxime groups is 1. The minimum absolute atomic E-state index is 0.114. The maximum absolute atomic E-state index is 11.9. The third kappa shape index (κ3) is 5.72. The van der Waals surface area contributed by atoms with Gasteiger partial charge in [0.15, 0.2) is 12.3 Å². The van der Waals surface area contributed by atoms with Crippen LogP contribution in [-0.4, -0.2) is 36.8 Å². The fourth-order valence-electron chi connectivity index (χ4n) is 2.60. The van der Waals surface area contributed by atoms with Gasteiger partial charge >= 0.3 is 0 Å². The monoisotopic (exact) mass is 403 g/mol. The van der Waals surface area contributed by atoms with Gasteiger partial charge in [-0.1, -0.05) is 41.6 Å². The molecule has 9 heteroatoms. The van der Waals surface area contributed by atoms with Crippen molar-refractivity contribution in [3.8, 4) is 12.3 Å². The molecule has 0 aliphatic carbocycles. The van der Waals surface area contributed by atoms with E-state index in [4.69, 9.17) is 11.3 Å². The Balaban J connectivity index is 1.68. The van der Waals surface area contributed by atoms with Crippen LogP contribution in [0.5, 0.6) is 0 Å². The molecule has 2 aromatic heterocycles. The second-order valence-electron chi connectivity index (χ2n) is 6.33. The van der Waals surface area contributed by atoms with Crippen LogP contribution in [0.25, 0.3) is 0 Å². The van der Waals surface area contributed by atoms with E-state index >= 15 is 0 Å². The number of aryl methyl sites for hydroxylation is 1. The van der Waals surface area contributed by atoms with Crippen LogP contribution in [0.1, 0.15) is 36.3 Å². The van der Waals surface area contributed by atoms with Crippen LogP contribution in [0.4, 0.5) is 5.82 Å². The second kappa shape index (κ2) is 10.5. The van der Waals surface area contributed by atoms with E-state index in [2.05, 4.69) is 36.9 Å². The van der Waals surface area contributed by atoms with Crippen molar-refractivity contribution in [3.63, 3.8) is 0 Å². The minimum Gasteiger partial charge on any atom is -0.389 e. The number of nitrogens with zero attached hydrogens (tertiary/aromatic N) is 6. The van der Waals surface area contributed by atoms with Crippen molar-refractivity contribution in [2.45, 2.75) is 25.9 Å². The normalized spacial score (nSPS) is 11.0. The summed E-state index contributed by atoms with van der Waals surface area (Å²) in [6, 6.07) is 14.8. The number of aromatic nitrogens is 5. The molecular weight excluding hydrogens is 382 g/mol. The van der Waals surface area contributed by atoms with E-state index in [1.165, 1.54) is 4.68 Å². The number of benzene rings is 1. The maximum Gasteiger partial charge on any atom is 0.225 e. The van der Waals surface area contributed by atoms with Crippen LogP contribution in [-0.2, 0) is 23.3 Å². The van der Waals surface area contributed by atoms with E-state index in [1.807, 2.05) is 30.3 Å². The summed E-state index contributed by atoms with van der Waals surface area (Å²) in [4.78, 5) is 21.8. The van der Waals surface area contributed by atoms with Crippen molar-refractivity contribution in [3.05, 3.63) is 65.6 Å².